The largest absolute Gasteiger partial charge is 0.581 e. The minimum absolute atomic E-state index is 0. The Morgan fingerprint density at radius 1 is 0.514 bits per heavy atom. The Labute approximate surface area is 437 Å². The second kappa shape index (κ2) is 18.1. The molecule has 0 spiro atoms. The summed E-state index contributed by atoms with van der Waals surface area (Å²) in [5.41, 5.74) is 15.6. The summed E-state index contributed by atoms with van der Waals surface area (Å²) < 4.78 is 0. The SMILES string of the molecule is CN1[CH-]N(c2[c-]c(C3(c4cc[n-]n4)c4ccccc4-c4ccccc43)ccc2)C2C=CC=CC21.CN1[CH-]N(c2[c-]c(C3(c4cc[n-]n4)c4ccccc4-c4ccccc43)ccc2)c2ncccc21.[Pt].[Pt]. The van der Waals surface area contributed by atoms with Gasteiger partial charge >= 0.3 is 0 Å². The van der Waals surface area contributed by atoms with Crippen molar-refractivity contribution in [2.45, 2.75) is 22.9 Å². The van der Waals surface area contributed by atoms with E-state index in [9.17, 15) is 0 Å². The van der Waals surface area contributed by atoms with E-state index in [0.717, 1.165) is 45.4 Å². The van der Waals surface area contributed by atoms with Crippen LogP contribution in [0.3, 0.4) is 0 Å². The second-order valence-electron chi connectivity index (χ2n) is 17.8. The van der Waals surface area contributed by atoms with Crippen LogP contribution in [0.1, 0.15) is 44.8 Å². The first-order valence-corrected chi connectivity index (χ1v) is 22.9. The molecule has 0 saturated carbocycles. The molecule has 6 aromatic carbocycles. The summed E-state index contributed by atoms with van der Waals surface area (Å²) >= 11 is 0. The van der Waals surface area contributed by atoms with Gasteiger partial charge in [0.05, 0.1) is 10.8 Å². The molecule has 11 heteroatoms. The molecule has 3 aliphatic carbocycles. The maximum atomic E-state index is 4.64. The molecule has 5 aliphatic rings. The summed E-state index contributed by atoms with van der Waals surface area (Å²) in [5, 5.41) is 17.7. The third-order valence-electron chi connectivity index (χ3n) is 14.3. The van der Waals surface area contributed by atoms with Crippen LogP contribution in [0.5, 0.6) is 0 Å². The van der Waals surface area contributed by atoms with Gasteiger partial charge in [0.1, 0.15) is 5.82 Å². The van der Waals surface area contributed by atoms with Crippen LogP contribution >= 0.6 is 0 Å². The Kier molecular flexibility index (Phi) is 11.8. The molecule has 14 rings (SSSR count). The van der Waals surface area contributed by atoms with Gasteiger partial charge in [0.25, 0.3) is 0 Å². The molecule has 0 N–H and O–H groups in total. The molecule has 0 radical (unpaired) electrons. The average Bonchev–Trinajstić information content (AvgIpc) is 4.28. The van der Waals surface area contributed by atoms with E-state index < -0.39 is 10.8 Å². The molecule has 2 unspecified atom stereocenters. The topological polar surface area (TPSA) is 79.8 Å². The van der Waals surface area contributed by atoms with Crippen LogP contribution in [0, 0.1) is 25.5 Å². The van der Waals surface area contributed by atoms with Crippen molar-refractivity contribution in [2.24, 2.45) is 0 Å². The number of hydrogen-bond acceptors (Lipinski definition) is 7. The van der Waals surface area contributed by atoms with Crippen LogP contribution in [-0.2, 0) is 53.0 Å². The van der Waals surface area contributed by atoms with E-state index in [0.29, 0.717) is 6.04 Å². The Morgan fingerprint density at radius 2 is 1.00 bits per heavy atom. The predicted molar refractivity (Wildman–Crippen MR) is 267 cm³/mol. The Hall–Kier alpha value is -6.89. The van der Waals surface area contributed by atoms with Crippen LogP contribution in [-0.4, -0.2) is 46.3 Å². The zero-order valence-corrected chi connectivity index (χ0v) is 42.6. The van der Waals surface area contributed by atoms with Gasteiger partial charge in [-0.3, -0.25) is 0 Å². The monoisotopic (exact) mass is 1270 g/mol. The fourth-order valence-corrected chi connectivity index (χ4v) is 11.5. The molecule has 9 aromatic rings. The van der Waals surface area contributed by atoms with Crippen molar-refractivity contribution in [2.75, 3.05) is 28.8 Å². The average molecular weight is 1270 g/mol. The van der Waals surface area contributed by atoms with E-state index >= 15 is 0 Å². The first kappa shape index (κ1) is 45.5. The quantitative estimate of drug-likeness (QED) is 0.151. The summed E-state index contributed by atoms with van der Waals surface area (Å²) in [7, 11) is 4.17. The van der Waals surface area contributed by atoms with Gasteiger partial charge in [-0.05, 0) is 70.7 Å². The number of rotatable bonds is 6. The van der Waals surface area contributed by atoms with Crippen LogP contribution in [0.2, 0.25) is 0 Å². The molecule has 2 aliphatic heterocycles. The molecule has 9 nitrogen and oxygen atoms in total. The molecule has 3 aromatic heterocycles. The minimum Gasteiger partial charge on any atom is -0.581 e. The Morgan fingerprint density at radius 3 is 1.51 bits per heavy atom. The van der Waals surface area contributed by atoms with Gasteiger partial charge in [-0.15, -0.1) is 22.5 Å². The Balaban J connectivity index is 0.000000148. The smallest absolute Gasteiger partial charge is 0.124 e. The molecule has 0 bridgehead atoms. The second-order valence-corrected chi connectivity index (χ2v) is 17.8. The van der Waals surface area contributed by atoms with E-state index in [1.807, 2.05) is 31.4 Å². The first-order valence-electron chi connectivity index (χ1n) is 22.9. The third kappa shape index (κ3) is 6.73. The van der Waals surface area contributed by atoms with E-state index in [-0.39, 0.29) is 48.2 Å². The summed E-state index contributed by atoms with van der Waals surface area (Å²) in [6.07, 6.45) is 14.2. The van der Waals surface area contributed by atoms with Crippen molar-refractivity contribution >= 4 is 22.9 Å². The van der Waals surface area contributed by atoms with Crippen molar-refractivity contribution in [1.29, 1.82) is 0 Å². The molecule has 0 amide bonds. The van der Waals surface area contributed by atoms with Crippen molar-refractivity contribution in [1.82, 2.24) is 30.3 Å². The van der Waals surface area contributed by atoms with E-state index in [1.54, 1.807) is 12.4 Å². The van der Waals surface area contributed by atoms with Gasteiger partial charge in [0, 0.05) is 77.5 Å². The number of allylic oxidation sites excluding steroid dienone is 2. The van der Waals surface area contributed by atoms with Crippen molar-refractivity contribution in [3.05, 3.63) is 271 Å². The summed E-state index contributed by atoms with van der Waals surface area (Å²) in [5.74, 6) is 0.896. The fraction of sp³-hybridized carbons (Fsp3) is 0.102. The van der Waals surface area contributed by atoms with Crippen molar-refractivity contribution < 1.29 is 42.1 Å². The molecule has 350 valence electrons. The fourth-order valence-electron chi connectivity index (χ4n) is 11.5. The van der Waals surface area contributed by atoms with Gasteiger partial charge in [0.15, 0.2) is 0 Å². The molecular weight excluding hydrogens is 1220 g/mol. The van der Waals surface area contributed by atoms with Crippen LogP contribution in [0.4, 0.5) is 22.9 Å². The predicted octanol–water partition coefficient (Wildman–Crippen LogP) is 10.2. The molecule has 5 heterocycles. The number of aromatic nitrogens is 5. The number of benzene rings is 6. The molecule has 2 atom stereocenters. The van der Waals surface area contributed by atoms with Gasteiger partial charge in [-0.2, -0.15) is 74.3 Å². The van der Waals surface area contributed by atoms with E-state index in [2.05, 4.69) is 241 Å². The Bertz CT molecular complexity index is 3330. The van der Waals surface area contributed by atoms with Gasteiger partial charge in [-0.1, -0.05) is 133 Å². The molecular formula is C59H43N9Pt2-6. The standard InChI is InChI=1S/C30H23N4.C29H20N5.2Pt/c1-33-20-34(28-16-7-6-15-27(28)33)22-10-8-9-21(19-22)30(29-17-18-31-32-29)25-13-4-2-11-23(25)24-12-3-5-14-26(24)30;1-33-19-34(28-26(33)14-7-16-30-28)21-9-6-8-20(18-21)29(27-15-17-31-32-27)24-12-4-2-10-22(24)23-11-3-5-13-25(23)29;;/h2-18,20,27-28H,1H3;2-17,19H,1H3;;/q2*-3;;. The zero-order chi connectivity index (χ0) is 45.4. The number of nitrogens with zero attached hydrogens (tertiary/aromatic N) is 9. The van der Waals surface area contributed by atoms with Crippen LogP contribution < -0.4 is 24.9 Å². The van der Waals surface area contributed by atoms with E-state index in [1.165, 1.54) is 44.5 Å². The minimum atomic E-state index is -0.599. The molecule has 1 saturated heterocycles. The van der Waals surface area contributed by atoms with Crippen molar-refractivity contribution in [3.8, 4) is 22.3 Å². The van der Waals surface area contributed by atoms with Crippen LogP contribution in [0.25, 0.3) is 22.3 Å². The van der Waals surface area contributed by atoms with Crippen LogP contribution in [0.15, 0.2) is 201 Å². The number of anilines is 4. The van der Waals surface area contributed by atoms with Gasteiger partial charge in [-0.25, -0.2) is 4.98 Å². The summed E-state index contributed by atoms with van der Waals surface area (Å²) in [6, 6.07) is 63.6. The normalized spacial score (nSPS) is 18.1. The molecule has 1 fully saturated rings. The summed E-state index contributed by atoms with van der Waals surface area (Å²) in [6.45, 7) is 4.25. The van der Waals surface area contributed by atoms with Crippen molar-refractivity contribution in [3.63, 3.8) is 0 Å². The molecule has 70 heavy (non-hydrogen) atoms. The van der Waals surface area contributed by atoms with E-state index in [4.69, 9.17) is 0 Å². The number of fused-ring (bicyclic) bond motifs is 8. The van der Waals surface area contributed by atoms with Gasteiger partial charge < -0.3 is 40.0 Å². The number of pyridine rings is 1. The van der Waals surface area contributed by atoms with Gasteiger partial charge in [0.2, 0.25) is 0 Å². The first-order chi connectivity index (χ1) is 33.6. The maximum absolute atomic E-state index is 4.64. The number of hydrogen-bond donors (Lipinski definition) is 0. The zero-order valence-electron chi connectivity index (χ0n) is 38.0. The maximum Gasteiger partial charge on any atom is 0.124 e. The third-order valence-corrected chi connectivity index (χ3v) is 14.3. The number of likely N-dealkylation sites (N-methyl/N-ethyl adjacent to an activating group) is 1. The summed E-state index contributed by atoms with van der Waals surface area (Å²) in [4.78, 5) is 13.4.